The summed E-state index contributed by atoms with van der Waals surface area (Å²) in [7, 11) is -3.81. The number of sulfonamides is 1. The Labute approximate surface area is 153 Å². The third kappa shape index (κ3) is 3.92. The number of para-hydroxylation sites is 1. The average Bonchev–Trinajstić information content (AvgIpc) is 2.70. The molecule has 3 rings (SSSR count). The number of benzene rings is 3. The van der Waals surface area contributed by atoms with Crippen LogP contribution in [-0.4, -0.2) is 21.0 Å². The van der Waals surface area contributed by atoms with Gasteiger partial charge >= 0.3 is 0 Å². The van der Waals surface area contributed by atoms with Crippen LogP contribution in [0.4, 0.5) is 5.69 Å². The summed E-state index contributed by atoms with van der Waals surface area (Å²) in [6, 6.07) is 25.5. The lowest BCUT2D eigenvalue weighted by Crippen LogP contribution is -2.41. The van der Waals surface area contributed by atoms with Gasteiger partial charge in [-0.05, 0) is 36.4 Å². The highest BCUT2D eigenvalue weighted by atomic mass is 32.2. The zero-order valence-electron chi connectivity index (χ0n) is 13.9. The highest BCUT2D eigenvalue weighted by molar-refractivity contribution is 7.92. The van der Waals surface area contributed by atoms with E-state index < -0.39 is 10.0 Å². The van der Waals surface area contributed by atoms with Crippen molar-refractivity contribution in [1.29, 1.82) is 0 Å². The lowest BCUT2D eigenvalue weighted by molar-refractivity contribution is 0.0955. The second-order valence-electron chi connectivity index (χ2n) is 5.53. The number of carbonyl (C=O) groups is 1. The van der Waals surface area contributed by atoms with Gasteiger partial charge in [0.2, 0.25) is 0 Å². The topological polar surface area (TPSA) is 66.5 Å². The van der Waals surface area contributed by atoms with Gasteiger partial charge in [0.15, 0.2) is 0 Å². The number of nitrogens with one attached hydrogen (secondary N) is 1. The number of amides is 1. The molecular weight excluding hydrogens is 348 g/mol. The smallest absolute Gasteiger partial charge is 0.265 e. The highest BCUT2D eigenvalue weighted by Crippen LogP contribution is 2.22. The van der Waals surface area contributed by atoms with E-state index in [0.29, 0.717) is 11.3 Å². The zero-order valence-corrected chi connectivity index (χ0v) is 14.8. The number of nitrogens with zero attached hydrogens (tertiary/aromatic N) is 1. The second-order valence-corrected chi connectivity index (χ2v) is 7.39. The number of anilines is 1. The van der Waals surface area contributed by atoms with E-state index in [1.54, 1.807) is 72.8 Å². The van der Waals surface area contributed by atoms with Gasteiger partial charge in [0, 0.05) is 5.56 Å². The predicted octanol–water partition coefficient (Wildman–Crippen LogP) is 3.27. The first-order chi connectivity index (χ1) is 12.6. The molecule has 0 bridgehead atoms. The maximum Gasteiger partial charge on any atom is 0.265 e. The molecule has 0 aromatic heterocycles. The van der Waals surface area contributed by atoms with Gasteiger partial charge in [0.1, 0.15) is 6.67 Å². The molecule has 0 atom stereocenters. The Morgan fingerprint density at radius 2 is 1.27 bits per heavy atom. The molecule has 0 radical (unpaired) electrons. The Kier molecular flexibility index (Phi) is 5.34. The molecule has 5 nitrogen and oxygen atoms in total. The minimum absolute atomic E-state index is 0.165. The fraction of sp³-hybridized carbons (Fsp3) is 0.0500. The van der Waals surface area contributed by atoms with Crippen molar-refractivity contribution in [3.63, 3.8) is 0 Å². The summed E-state index contributed by atoms with van der Waals surface area (Å²) in [5.41, 5.74) is 0.947. The molecule has 0 aliphatic rings. The van der Waals surface area contributed by atoms with Gasteiger partial charge in [-0.15, -0.1) is 0 Å². The van der Waals surface area contributed by atoms with E-state index in [-0.39, 0.29) is 17.5 Å². The highest BCUT2D eigenvalue weighted by Gasteiger charge is 2.25. The van der Waals surface area contributed by atoms with Gasteiger partial charge in [-0.25, -0.2) is 12.7 Å². The first-order valence-electron chi connectivity index (χ1n) is 8.05. The molecule has 0 unspecified atom stereocenters. The van der Waals surface area contributed by atoms with Crippen molar-refractivity contribution in [2.75, 3.05) is 11.0 Å². The standard InChI is InChI=1S/C20H18N2O3S/c23-20(17-10-4-1-5-11-17)21-16-22(18-12-6-2-7-13-18)26(24,25)19-14-8-3-9-15-19/h1-15H,16H2,(H,21,23). The lowest BCUT2D eigenvalue weighted by atomic mass is 10.2. The largest absolute Gasteiger partial charge is 0.333 e. The lowest BCUT2D eigenvalue weighted by Gasteiger charge is -2.24. The Balaban J connectivity index is 1.89. The first-order valence-corrected chi connectivity index (χ1v) is 9.49. The van der Waals surface area contributed by atoms with Gasteiger partial charge in [-0.3, -0.25) is 4.79 Å². The van der Waals surface area contributed by atoms with Gasteiger partial charge in [0.05, 0.1) is 10.6 Å². The molecule has 0 saturated carbocycles. The van der Waals surface area contributed by atoms with Crippen LogP contribution < -0.4 is 9.62 Å². The van der Waals surface area contributed by atoms with E-state index in [0.717, 1.165) is 0 Å². The fourth-order valence-corrected chi connectivity index (χ4v) is 3.85. The van der Waals surface area contributed by atoms with Gasteiger partial charge in [0.25, 0.3) is 15.9 Å². The second kappa shape index (κ2) is 7.84. The maximum absolute atomic E-state index is 13.1. The van der Waals surface area contributed by atoms with Gasteiger partial charge in [-0.1, -0.05) is 54.6 Å². The van der Waals surface area contributed by atoms with E-state index in [4.69, 9.17) is 0 Å². The van der Waals surface area contributed by atoms with E-state index >= 15 is 0 Å². The molecule has 3 aromatic carbocycles. The molecule has 0 saturated heterocycles. The Bertz CT molecular complexity index is 960. The van der Waals surface area contributed by atoms with E-state index in [1.165, 1.54) is 16.4 Å². The summed E-state index contributed by atoms with van der Waals surface area (Å²) in [5, 5.41) is 2.68. The number of rotatable bonds is 6. The summed E-state index contributed by atoms with van der Waals surface area (Å²) in [6.45, 7) is -0.172. The third-order valence-electron chi connectivity index (χ3n) is 3.79. The van der Waals surface area contributed by atoms with E-state index in [2.05, 4.69) is 5.32 Å². The zero-order chi connectivity index (χ0) is 18.4. The molecule has 0 aliphatic carbocycles. The molecule has 26 heavy (non-hydrogen) atoms. The van der Waals surface area contributed by atoms with Crippen molar-refractivity contribution in [3.8, 4) is 0 Å². The van der Waals surface area contributed by atoms with Crippen LogP contribution >= 0.6 is 0 Å². The Hall–Kier alpha value is -3.12. The summed E-state index contributed by atoms with van der Waals surface area (Å²) >= 11 is 0. The number of carbonyl (C=O) groups excluding carboxylic acids is 1. The molecule has 0 aliphatic heterocycles. The molecule has 6 heteroatoms. The van der Waals surface area contributed by atoms with E-state index in [9.17, 15) is 13.2 Å². The molecule has 0 fully saturated rings. The van der Waals surface area contributed by atoms with Crippen LogP contribution in [0.15, 0.2) is 95.9 Å². The van der Waals surface area contributed by atoms with Crippen LogP contribution in [0.1, 0.15) is 10.4 Å². The average molecular weight is 366 g/mol. The maximum atomic E-state index is 13.1. The fourth-order valence-electron chi connectivity index (χ4n) is 2.46. The summed E-state index contributed by atoms with van der Waals surface area (Å²) in [5.74, 6) is -0.338. The summed E-state index contributed by atoms with van der Waals surface area (Å²) in [6.07, 6.45) is 0. The van der Waals surface area contributed by atoms with Gasteiger partial charge in [-0.2, -0.15) is 0 Å². The van der Waals surface area contributed by atoms with Crippen molar-refractivity contribution in [2.24, 2.45) is 0 Å². The Morgan fingerprint density at radius 3 is 1.85 bits per heavy atom. The van der Waals surface area contributed by atoms with Crippen molar-refractivity contribution in [1.82, 2.24) is 5.32 Å². The van der Waals surface area contributed by atoms with Crippen LogP contribution in [0.5, 0.6) is 0 Å². The molecule has 0 spiro atoms. The predicted molar refractivity (Wildman–Crippen MR) is 101 cm³/mol. The molecular formula is C20H18N2O3S. The van der Waals surface area contributed by atoms with Crippen molar-refractivity contribution >= 4 is 21.6 Å². The molecule has 1 N–H and O–H groups in total. The molecule has 1 amide bonds. The SMILES string of the molecule is O=C(NCN(c1ccccc1)S(=O)(=O)c1ccccc1)c1ccccc1. The number of hydrogen-bond acceptors (Lipinski definition) is 3. The summed E-state index contributed by atoms with van der Waals surface area (Å²) in [4.78, 5) is 12.5. The normalized spacial score (nSPS) is 10.9. The van der Waals surface area contributed by atoms with Crippen LogP contribution in [0.3, 0.4) is 0 Å². The molecule has 132 valence electrons. The minimum atomic E-state index is -3.81. The quantitative estimate of drug-likeness (QED) is 0.681. The van der Waals surface area contributed by atoms with E-state index in [1.807, 2.05) is 6.07 Å². The van der Waals surface area contributed by atoms with Crippen LogP contribution in [0.2, 0.25) is 0 Å². The monoisotopic (exact) mass is 366 g/mol. The van der Waals surface area contributed by atoms with Crippen LogP contribution in [0.25, 0.3) is 0 Å². The van der Waals surface area contributed by atoms with Crippen molar-refractivity contribution < 1.29 is 13.2 Å². The first kappa shape index (κ1) is 17.7. The van der Waals surface area contributed by atoms with Gasteiger partial charge < -0.3 is 5.32 Å². The van der Waals surface area contributed by atoms with Crippen LogP contribution in [0, 0.1) is 0 Å². The summed E-state index contributed by atoms with van der Waals surface area (Å²) < 4.78 is 27.3. The third-order valence-corrected chi connectivity index (χ3v) is 5.58. The molecule has 0 heterocycles. The minimum Gasteiger partial charge on any atom is -0.333 e. The number of hydrogen-bond donors (Lipinski definition) is 1. The van der Waals surface area contributed by atoms with Crippen LogP contribution in [-0.2, 0) is 10.0 Å². The Morgan fingerprint density at radius 1 is 0.769 bits per heavy atom. The molecule has 3 aromatic rings. The van der Waals surface area contributed by atoms with Crippen molar-refractivity contribution in [3.05, 3.63) is 96.6 Å². The van der Waals surface area contributed by atoms with Crippen molar-refractivity contribution in [2.45, 2.75) is 4.90 Å².